The number of ether oxygens (including phenoxy) is 1. The van der Waals surface area contributed by atoms with E-state index in [4.69, 9.17) is 10.5 Å². The fourth-order valence-electron chi connectivity index (χ4n) is 1.83. The second-order valence-corrected chi connectivity index (χ2v) is 4.81. The van der Waals surface area contributed by atoms with Gasteiger partial charge in [-0.3, -0.25) is 9.69 Å². The maximum atomic E-state index is 11.6. The van der Waals surface area contributed by atoms with Crippen molar-refractivity contribution in [1.29, 1.82) is 0 Å². The molecule has 0 spiro atoms. The zero-order chi connectivity index (χ0) is 14.4. The van der Waals surface area contributed by atoms with Gasteiger partial charge in [0, 0.05) is 32.7 Å². The van der Waals surface area contributed by atoms with E-state index in [0.29, 0.717) is 19.6 Å². The minimum absolute atomic E-state index is 0.0926. The molecular formula is C14H23N3O2. The summed E-state index contributed by atoms with van der Waals surface area (Å²) in [7, 11) is 7.08. The summed E-state index contributed by atoms with van der Waals surface area (Å²) in [6, 6.07) is 5.93. The molecule has 0 aliphatic rings. The van der Waals surface area contributed by atoms with Gasteiger partial charge in [0.05, 0.1) is 13.7 Å². The molecule has 106 valence electrons. The van der Waals surface area contributed by atoms with E-state index in [1.165, 1.54) is 0 Å². The van der Waals surface area contributed by atoms with Crippen molar-refractivity contribution in [2.75, 3.05) is 34.8 Å². The highest BCUT2D eigenvalue weighted by atomic mass is 16.5. The lowest BCUT2D eigenvalue weighted by atomic mass is 10.1. The van der Waals surface area contributed by atoms with Crippen LogP contribution in [0.2, 0.25) is 0 Å². The van der Waals surface area contributed by atoms with E-state index in [-0.39, 0.29) is 5.91 Å². The molecule has 1 amide bonds. The SMILES string of the molecule is COc1ccc(CN(C)CC(=O)N(C)C)cc1CN. The molecule has 1 aromatic rings. The Hall–Kier alpha value is -1.59. The Morgan fingerprint density at radius 2 is 2.00 bits per heavy atom. The first kappa shape index (κ1) is 15.5. The summed E-state index contributed by atoms with van der Waals surface area (Å²) in [5.74, 6) is 0.897. The standard InChI is InChI=1S/C14H23N3O2/c1-16(2)14(18)10-17(3)9-11-5-6-13(19-4)12(7-11)8-15/h5-7H,8-10,15H2,1-4H3. The third-order valence-electron chi connectivity index (χ3n) is 2.92. The van der Waals surface area contributed by atoms with Gasteiger partial charge in [0.2, 0.25) is 5.91 Å². The Labute approximate surface area is 114 Å². The smallest absolute Gasteiger partial charge is 0.236 e. The van der Waals surface area contributed by atoms with Gasteiger partial charge >= 0.3 is 0 Å². The number of hydrogen-bond acceptors (Lipinski definition) is 4. The first-order valence-electron chi connectivity index (χ1n) is 6.22. The lowest BCUT2D eigenvalue weighted by Crippen LogP contribution is -2.34. The van der Waals surface area contributed by atoms with Gasteiger partial charge in [0.1, 0.15) is 5.75 Å². The Bertz CT molecular complexity index is 433. The lowest BCUT2D eigenvalue weighted by Gasteiger charge is -2.19. The first-order valence-corrected chi connectivity index (χ1v) is 6.22. The van der Waals surface area contributed by atoms with Gasteiger partial charge < -0.3 is 15.4 Å². The van der Waals surface area contributed by atoms with Crippen LogP contribution in [-0.4, -0.2) is 50.5 Å². The van der Waals surface area contributed by atoms with Crippen LogP contribution in [0.25, 0.3) is 0 Å². The second kappa shape index (κ2) is 7.11. The maximum absolute atomic E-state index is 11.6. The van der Waals surface area contributed by atoms with E-state index in [9.17, 15) is 4.79 Å². The van der Waals surface area contributed by atoms with Gasteiger partial charge in [0.15, 0.2) is 0 Å². The van der Waals surface area contributed by atoms with Crippen molar-refractivity contribution >= 4 is 5.91 Å². The van der Waals surface area contributed by atoms with Crippen LogP contribution in [-0.2, 0) is 17.9 Å². The molecule has 0 heterocycles. The quantitative estimate of drug-likeness (QED) is 0.821. The predicted molar refractivity (Wildman–Crippen MR) is 75.9 cm³/mol. The molecule has 19 heavy (non-hydrogen) atoms. The minimum Gasteiger partial charge on any atom is -0.496 e. The van der Waals surface area contributed by atoms with Crippen LogP contribution in [0.15, 0.2) is 18.2 Å². The second-order valence-electron chi connectivity index (χ2n) is 4.81. The third-order valence-corrected chi connectivity index (χ3v) is 2.92. The molecule has 0 unspecified atom stereocenters. The van der Waals surface area contributed by atoms with Crippen molar-refractivity contribution in [3.8, 4) is 5.75 Å². The summed E-state index contributed by atoms with van der Waals surface area (Å²) in [5.41, 5.74) is 7.79. The molecule has 1 rings (SSSR count). The summed E-state index contributed by atoms with van der Waals surface area (Å²) < 4.78 is 5.24. The predicted octanol–water partition coefficient (Wildman–Crippen LogP) is 0.674. The number of methoxy groups -OCH3 is 1. The molecular weight excluding hydrogens is 242 g/mol. The molecule has 1 aromatic carbocycles. The number of hydrogen-bond donors (Lipinski definition) is 1. The number of amides is 1. The molecule has 0 fully saturated rings. The van der Waals surface area contributed by atoms with E-state index >= 15 is 0 Å². The van der Waals surface area contributed by atoms with Crippen molar-refractivity contribution in [2.45, 2.75) is 13.1 Å². The van der Waals surface area contributed by atoms with Gasteiger partial charge in [-0.15, -0.1) is 0 Å². The van der Waals surface area contributed by atoms with Crippen LogP contribution in [0.5, 0.6) is 5.75 Å². The third kappa shape index (κ3) is 4.54. The highest BCUT2D eigenvalue weighted by Gasteiger charge is 2.10. The molecule has 0 saturated heterocycles. The van der Waals surface area contributed by atoms with Gasteiger partial charge in [-0.2, -0.15) is 0 Å². The van der Waals surface area contributed by atoms with Crippen molar-refractivity contribution in [3.63, 3.8) is 0 Å². The van der Waals surface area contributed by atoms with E-state index in [0.717, 1.165) is 16.9 Å². The Morgan fingerprint density at radius 1 is 1.32 bits per heavy atom. The van der Waals surface area contributed by atoms with E-state index in [1.807, 2.05) is 30.1 Å². The van der Waals surface area contributed by atoms with E-state index in [2.05, 4.69) is 0 Å². The summed E-state index contributed by atoms with van der Waals surface area (Å²) in [4.78, 5) is 15.2. The lowest BCUT2D eigenvalue weighted by molar-refractivity contribution is -0.129. The molecule has 5 nitrogen and oxygen atoms in total. The largest absolute Gasteiger partial charge is 0.496 e. The zero-order valence-electron chi connectivity index (χ0n) is 12.1. The van der Waals surface area contributed by atoms with Gasteiger partial charge in [-0.25, -0.2) is 0 Å². The van der Waals surface area contributed by atoms with E-state index < -0.39 is 0 Å². The summed E-state index contributed by atoms with van der Waals surface area (Å²) in [5, 5.41) is 0. The summed E-state index contributed by atoms with van der Waals surface area (Å²) in [6.45, 7) is 1.55. The van der Waals surface area contributed by atoms with Crippen molar-refractivity contribution in [1.82, 2.24) is 9.80 Å². The minimum atomic E-state index is 0.0926. The molecule has 0 radical (unpaired) electrons. The fourth-order valence-corrected chi connectivity index (χ4v) is 1.83. The number of carbonyl (C=O) groups is 1. The van der Waals surface area contributed by atoms with Crippen molar-refractivity contribution < 1.29 is 9.53 Å². The first-order chi connectivity index (χ1) is 8.97. The highest BCUT2D eigenvalue weighted by Crippen LogP contribution is 2.19. The molecule has 2 N–H and O–H groups in total. The molecule has 5 heteroatoms. The van der Waals surface area contributed by atoms with E-state index in [1.54, 1.807) is 26.1 Å². The Kier molecular flexibility index (Phi) is 5.79. The van der Waals surface area contributed by atoms with Crippen LogP contribution < -0.4 is 10.5 Å². The highest BCUT2D eigenvalue weighted by molar-refractivity contribution is 5.77. The Morgan fingerprint density at radius 3 is 2.53 bits per heavy atom. The molecule has 0 aromatic heterocycles. The van der Waals surface area contributed by atoms with Crippen LogP contribution >= 0.6 is 0 Å². The normalized spacial score (nSPS) is 10.6. The molecule has 0 saturated carbocycles. The molecule has 0 bridgehead atoms. The molecule has 0 aliphatic heterocycles. The van der Waals surface area contributed by atoms with Gasteiger partial charge in [-0.1, -0.05) is 6.07 Å². The van der Waals surface area contributed by atoms with Crippen LogP contribution in [0.1, 0.15) is 11.1 Å². The summed E-state index contributed by atoms with van der Waals surface area (Å²) in [6.07, 6.45) is 0. The zero-order valence-corrected chi connectivity index (χ0v) is 12.1. The maximum Gasteiger partial charge on any atom is 0.236 e. The number of rotatable bonds is 6. The van der Waals surface area contributed by atoms with Crippen LogP contribution in [0.3, 0.4) is 0 Å². The van der Waals surface area contributed by atoms with Gasteiger partial charge in [0.25, 0.3) is 0 Å². The number of nitrogens with two attached hydrogens (primary N) is 1. The Balaban J connectivity index is 2.69. The molecule has 0 atom stereocenters. The van der Waals surface area contributed by atoms with Crippen molar-refractivity contribution in [3.05, 3.63) is 29.3 Å². The average Bonchev–Trinajstić information content (AvgIpc) is 2.38. The van der Waals surface area contributed by atoms with Gasteiger partial charge in [-0.05, 0) is 24.7 Å². The van der Waals surface area contributed by atoms with Crippen molar-refractivity contribution in [2.24, 2.45) is 5.73 Å². The van der Waals surface area contributed by atoms with Crippen LogP contribution in [0, 0.1) is 0 Å². The topological polar surface area (TPSA) is 58.8 Å². The number of carbonyl (C=O) groups excluding carboxylic acids is 1. The number of benzene rings is 1. The monoisotopic (exact) mass is 265 g/mol. The molecule has 0 aliphatic carbocycles. The average molecular weight is 265 g/mol. The fraction of sp³-hybridized carbons (Fsp3) is 0.500. The summed E-state index contributed by atoms with van der Waals surface area (Å²) >= 11 is 0. The number of likely N-dealkylation sites (N-methyl/N-ethyl adjacent to an activating group) is 2. The van der Waals surface area contributed by atoms with Crippen LogP contribution in [0.4, 0.5) is 0 Å². The number of nitrogens with zero attached hydrogens (tertiary/aromatic N) is 2.